The van der Waals surface area contributed by atoms with Crippen molar-refractivity contribution in [2.45, 2.75) is 56.4 Å². The lowest BCUT2D eigenvalue weighted by Gasteiger charge is -2.29. The number of nitrogens with zero attached hydrogens (tertiary/aromatic N) is 2. The Kier molecular flexibility index (Phi) is 6.72. The Labute approximate surface area is 166 Å². The van der Waals surface area contributed by atoms with Crippen LogP contribution in [-0.4, -0.2) is 61.8 Å². The number of hydrogen-bond donors (Lipinski definition) is 0. The number of sulfonamides is 1. The molecule has 0 aromatic heterocycles. The predicted octanol–water partition coefficient (Wildman–Crippen LogP) is 2.42. The van der Waals surface area contributed by atoms with E-state index in [1.807, 2.05) is 0 Å². The van der Waals surface area contributed by atoms with E-state index in [2.05, 4.69) is 0 Å². The minimum absolute atomic E-state index is 0.170. The smallest absolute Gasteiger partial charge is 0.338 e. The molecule has 2 heterocycles. The molecule has 2 aliphatic rings. The van der Waals surface area contributed by atoms with Gasteiger partial charge in [0.25, 0.3) is 5.91 Å². The molecule has 2 aliphatic heterocycles. The summed E-state index contributed by atoms with van der Waals surface area (Å²) in [7, 11) is -3.54. The van der Waals surface area contributed by atoms with Crippen molar-refractivity contribution in [3.63, 3.8) is 0 Å². The first-order valence-electron chi connectivity index (χ1n) is 9.99. The molecule has 3 rings (SSSR count). The van der Waals surface area contributed by atoms with Crippen molar-refractivity contribution in [1.82, 2.24) is 9.21 Å². The fraction of sp³-hybridized carbons (Fsp3) is 0.600. The molecule has 154 valence electrons. The van der Waals surface area contributed by atoms with E-state index < -0.39 is 22.1 Å². The Balaban J connectivity index is 1.62. The fourth-order valence-electron chi connectivity index (χ4n) is 3.67. The van der Waals surface area contributed by atoms with Crippen LogP contribution in [0.5, 0.6) is 0 Å². The third kappa shape index (κ3) is 4.72. The summed E-state index contributed by atoms with van der Waals surface area (Å²) in [5.74, 6) is -0.808. The number of benzene rings is 1. The summed E-state index contributed by atoms with van der Waals surface area (Å²) in [5.41, 5.74) is 0.232. The monoisotopic (exact) mass is 408 g/mol. The lowest BCUT2D eigenvalue weighted by atomic mass is 10.1. The highest BCUT2D eigenvalue weighted by Gasteiger charge is 2.27. The molecule has 0 unspecified atom stereocenters. The van der Waals surface area contributed by atoms with Crippen molar-refractivity contribution in [2.24, 2.45) is 0 Å². The molecular formula is C20H28N2O5S. The van der Waals surface area contributed by atoms with E-state index in [1.165, 1.54) is 28.6 Å². The second kappa shape index (κ2) is 9.05. The maximum absolute atomic E-state index is 12.7. The lowest BCUT2D eigenvalue weighted by molar-refractivity contribution is -0.140. The molecule has 0 radical (unpaired) electrons. The molecular weight excluding hydrogens is 380 g/mol. The van der Waals surface area contributed by atoms with Gasteiger partial charge in [0.2, 0.25) is 10.0 Å². The van der Waals surface area contributed by atoms with Gasteiger partial charge in [-0.2, -0.15) is 4.31 Å². The van der Waals surface area contributed by atoms with Crippen LogP contribution < -0.4 is 0 Å². The number of rotatable bonds is 5. The third-order valence-corrected chi connectivity index (χ3v) is 7.26. The van der Waals surface area contributed by atoms with Crippen LogP contribution in [0.3, 0.4) is 0 Å². The molecule has 1 atom stereocenters. The number of carbonyl (C=O) groups is 2. The van der Waals surface area contributed by atoms with Crippen LogP contribution in [0.25, 0.3) is 0 Å². The van der Waals surface area contributed by atoms with Crippen LogP contribution in [0.1, 0.15) is 55.8 Å². The average molecular weight is 409 g/mol. The quantitative estimate of drug-likeness (QED) is 0.699. The predicted molar refractivity (Wildman–Crippen MR) is 104 cm³/mol. The maximum atomic E-state index is 12.7. The largest absolute Gasteiger partial charge is 0.449 e. The zero-order valence-corrected chi connectivity index (χ0v) is 17.1. The molecule has 0 bridgehead atoms. The summed E-state index contributed by atoms with van der Waals surface area (Å²) in [6.07, 6.45) is 4.98. The number of hydrogen-bond acceptors (Lipinski definition) is 5. The van der Waals surface area contributed by atoms with E-state index in [-0.39, 0.29) is 16.4 Å². The molecule has 2 fully saturated rings. The van der Waals surface area contributed by atoms with Gasteiger partial charge in [-0.25, -0.2) is 13.2 Å². The van der Waals surface area contributed by atoms with Gasteiger partial charge in [0, 0.05) is 26.2 Å². The van der Waals surface area contributed by atoms with Gasteiger partial charge in [0.05, 0.1) is 10.5 Å². The highest BCUT2D eigenvalue weighted by molar-refractivity contribution is 7.89. The second-order valence-electron chi connectivity index (χ2n) is 7.42. The van der Waals surface area contributed by atoms with Gasteiger partial charge in [0.1, 0.15) is 0 Å². The molecule has 0 aliphatic carbocycles. The highest BCUT2D eigenvalue weighted by Crippen LogP contribution is 2.21. The van der Waals surface area contributed by atoms with Crippen LogP contribution >= 0.6 is 0 Å². The maximum Gasteiger partial charge on any atom is 0.338 e. The number of amides is 1. The van der Waals surface area contributed by atoms with Crippen LogP contribution in [0.4, 0.5) is 0 Å². The summed E-state index contributed by atoms with van der Waals surface area (Å²) < 4.78 is 32.1. The van der Waals surface area contributed by atoms with Crippen LogP contribution in [0.15, 0.2) is 29.2 Å². The summed E-state index contributed by atoms with van der Waals surface area (Å²) in [6, 6.07) is 5.74. The normalized spacial score (nSPS) is 19.8. The van der Waals surface area contributed by atoms with Gasteiger partial charge in [-0.05, 0) is 63.3 Å². The molecule has 28 heavy (non-hydrogen) atoms. The van der Waals surface area contributed by atoms with Crippen molar-refractivity contribution >= 4 is 21.9 Å². The highest BCUT2D eigenvalue weighted by atomic mass is 32.2. The number of ether oxygens (including phenoxy) is 1. The fourth-order valence-corrected chi connectivity index (χ4v) is 5.18. The Morgan fingerprint density at radius 1 is 0.893 bits per heavy atom. The van der Waals surface area contributed by atoms with Gasteiger partial charge >= 0.3 is 5.97 Å². The van der Waals surface area contributed by atoms with E-state index in [4.69, 9.17) is 4.74 Å². The van der Waals surface area contributed by atoms with Crippen molar-refractivity contribution in [3.05, 3.63) is 29.8 Å². The Morgan fingerprint density at radius 2 is 1.43 bits per heavy atom. The molecule has 0 saturated carbocycles. The molecule has 7 nitrogen and oxygen atoms in total. The van der Waals surface area contributed by atoms with Gasteiger partial charge < -0.3 is 9.64 Å². The molecule has 0 N–H and O–H groups in total. The number of likely N-dealkylation sites (tertiary alicyclic amines) is 1. The van der Waals surface area contributed by atoms with Crippen molar-refractivity contribution in [1.29, 1.82) is 0 Å². The number of carbonyl (C=O) groups excluding carboxylic acids is 2. The Hall–Kier alpha value is -1.93. The van der Waals surface area contributed by atoms with Gasteiger partial charge in [-0.15, -0.1) is 0 Å². The number of piperidine rings is 2. The van der Waals surface area contributed by atoms with Crippen LogP contribution in [0.2, 0.25) is 0 Å². The Bertz CT molecular complexity index is 794. The summed E-state index contributed by atoms with van der Waals surface area (Å²) in [4.78, 5) is 26.6. The SMILES string of the molecule is C[C@H](OC(=O)c1ccc(S(=O)(=O)N2CCCCC2)cc1)C(=O)N1CCCCC1. The first kappa shape index (κ1) is 20.8. The van der Waals surface area contributed by atoms with E-state index in [0.29, 0.717) is 26.2 Å². The van der Waals surface area contributed by atoms with E-state index in [0.717, 1.165) is 38.5 Å². The summed E-state index contributed by atoms with van der Waals surface area (Å²) in [6.45, 7) is 4.03. The zero-order valence-electron chi connectivity index (χ0n) is 16.3. The zero-order chi connectivity index (χ0) is 20.1. The van der Waals surface area contributed by atoms with Gasteiger partial charge in [0.15, 0.2) is 6.10 Å². The standard InChI is InChI=1S/C20H28N2O5S/c1-16(19(23)21-12-4-2-5-13-21)27-20(24)17-8-10-18(11-9-17)28(25,26)22-14-6-3-7-15-22/h8-11,16H,2-7,12-15H2,1H3/t16-/m0/s1. The van der Waals surface area contributed by atoms with Crippen molar-refractivity contribution in [3.8, 4) is 0 Å². The van der Waals surface area contributed by atoms with E-state index in [9.17, 15) is 18.0 Å². The molecule has 1 aromatic rings. The minimum Gasteiger partial charge on any atom is -0.449 e. The topological polar surface area (TPSA) is 84.0 Å². The van der Waals surface area contributed by atoms with E-state index >= 15 is 0 Å². The third-order valence-electron chi connectivity index (χ3n) is 5.34. The van der Waals surface area contributed by atoms with Crippen LogP contribution in [-0.2, 0) is 19.6 Å². The molecule has 8 heteroatoms. The van der Waals surface area contributed by atoms with Crippen molar-refractivity contribution in [2.75, 3.05) is 26.2 Å². The molecule has 2 saturated heterocycles. The van der Waals surface area contributed by atoms with Crippen molar-refractivity contribution < 1.29 is 22.7 Å². The minimum atomic E-state index is -3.54. The Morgan fingerprint density at radius 3 is 2.00 bits per heavy atom. The number of esters is 1. The average Bonchev–Trinajstić information content (AvgIpc) is 2.74. The lowest BCUT2D eigenvalue weighted by Crippen LogP contribution is -2.42. The van der Waals surface area contributed by atoms with Gasteiger partial charge in [-0.1, -0.05) is 6.42 Å². The van der Waals surface area contributed by atoms with E-state index in [1.54, 1.807) is 11.8 Å². The molecule has 0 spiro atoms. The first-order valence-corrected chi connectivity index (χ1v) is 11.4. The van der Waals surface area contributed by atoms with Crippen LogP contribution in [0, 0.1) is 0 Å². The second-order valence-corrected chi connectivity index (χ2v) is 9.36. The summed E-state index contributed by atoms with van der Waals surface area (Å²) >= 11 is 0. The summed E-state index contributed by atoms with van der Waals surface area (Å²) in [5, 5.41) is 0. The molecule has 1 amide bonds. The molecule has 1 aromatic carbocycles. The van der Waals surface area contributed by atoms with Gasteiger partial charge in [-0.3, -0.25) is 4.79 Å². The first-order chi connectivity index (χ1) is 13.4.